The van der Waals surface area contributed by atoms with Crippen LogP contribution in [0.1, 0.15) is 34.5 Å². The molecule has 1 N–H and O–H groups in total. The standard InChI is InChI=1S/C16H17NOS/c1-11-8-9-14(19)10-15(11)16(18)17-12(2)13-6-4-3-5-7-13/h3-10,12,19H,1-2H3,(H,17,18). The summed E-state index contributed by atoms with van der Waals surface area (Å²) in [5.41, 5.74) is 2.72. The molecule has 0 saturated carbocycles. The Hall–Kier alpha value is -1.74. The van der Waals surface area contributed by atoms with Crippen LogP contribution < -0.4 is 5.32 Å². The maximum atomic E-state index is 12.3. The number of benzene rings is 2. The third-order valence-corrected chi connectivity index (χ3v) is 3.39. The summed E-state index contributed by atoms with van der Waals surface area (Å²) < 4.78 is 0. The molecule has 0 bridgehead atoms. The van der Waals surface area contributed by atoms with Gasteiger partial charge in [0.05, 0.1) is 6.04 Å². The van der Waals surface area contributed by atoms with Gasteiger partial charge < -0.3 is 5.32 Å². The molecule has 19 heavy (non-hydrogen) atoms. The minimum absolute atomic E-state index is 0.0170. The second-order valence-corrected chi connectivity index (χ2v) is 5.12. The predicted octanol–water partition coefficient (Wildman–Crippen LogP) is 3.77. The molecule has 3 heteroatoms. The van der Waals surface area contributed by atoms with E-state index in [1.54, 1.807) is 6.07 Å². The molecule has 0 aliphatic rings. The first-order chi connectivity index (χ1) is 9.08. The van der Waals surface area contributed by atoms with Crippen LogP contribution in [0.25, 0.3) is 0 Å². The second kappa shape index (κ2) is 5.93. The van der Waals surface area contributed by atoms with Crippen molar-refractivity contribution < 1.29 is 4.79 Å². The molecule has 1 amide bonds. The van der Waals surface area contributed by atoms with Crippen molar-refractivity contribution in [1.29, 1.82) is 0 Å². The van der Waals surface area contributed by atoms with Gasteiger partial charge in [-0.3, -0.25) is 4.79 Å². The maximum Gasteiger partial charge on any atom is 0.252 e. The number of rotatable bonds is 3. The summed E-state index contributed by atoms with van der Waals surface area (Å²) in [6.45, 7) is 3.91. The average Bonchev–Trinajstić information content (AvgIpc) is 2.42. The normalized spacial score (nSPS) is 11.9. The van der Waals surface area contributed by atoms with Gasteiger partial charge in [-0.1, -0.05) is 36.4 Å². The van der Waals surface area contributed by atoms with Gasteiger partial charge in [0.2, 0.25) is 0 Å². The first kappa shape index (κ1) is 13.7. The van der Waals surface area contributed by atoms with E-state index in [0.29, 0.717) is 5.56 Å². The van der Waals surface area contributed by atoms with Crippen molar-refractivity contribution >= 4 is 18.5 Å². The van der Waals surface area contributed by atoms with E-state index < -0.39 is 0 Å². The number of thiol groups is 1. The van der Waals surface area contributed by atoms with Crippen molar-refractivity contribution in [2.45, 2.75) is 24.8 Å². The van der Waals surface area contributed by atoms with Gasteiger partial charge >= 0.3 is 0 Å². The zero-order chi connectivity index (χ0) is 13.8. The van der Waals surface area contributed by atoms with Gasteiger partial charge in [-0.05, 0) is 37.1 Å². The number of nitrogens with one attached hydrogen (secondary N) is 1. The topological polar surface area (TPSA) is 29.1 Å². The van der Waals surface area contributed by atoms with Crippen LogP contribution in [-0.2, 0) is 0 Å². The lowest BCUT2D eigenvalue weighted by Crippen LogP contribution is -2.27. The number of carbonyl (C=O) groups is 1. The second-order valence-electron chi connectivity index (χ2n) is 4.61. The molecule has 98 valence electrons. The minimum Gasteiger partial charge on any atom is -0.346 e. The van der Waals surface area contributed by atoms with Crippen LogP contribution in [0.15, 0.2) is 53.4 Å². The van der Waals surface area contributed by atoms with E-state index in [-0.39, 0.29) is 11.9 Å². The molecule has 2 aromatic rings. The Morgan fingerprint density at radius 3 is 2.53 bits per heavy atom. The molecule has 0 spiro atoms. The first-order valence-electron chi connectivity index (χ1n) is 6.23. The zero-order valence-corrected chi connectivity index (χ0v) is 11.9. The van der Waals surface area contributed by atoms with Crippen molar-refractivity contribution in [2.24, 2.45) is 0 Å². The molecule has 0 aliphatic heterocycles. The van der Waals surface area contributed by atoms with Crippen LogP contribution in [0, 0.1) is 6.92 Å². The van der Waals surface area contributed by atoms with Crippen LogP contribution >= 0.6 is 12.6 Å². The van der Waals surface area contributed by atoms with E-state index in [1.165, 1.54) is 0 Å². The number of aryl methyl sites for hydroxylation is 1. The van der Waals surface area contributed by atoms with Crippen molar-refractivity contribution in [2.75, 3.05) is 0 Å². The zero-order valence-electron chi connectivity index (χ0n) is 11.1. The van der Waals surface area contributed by atoms with Gasteiger partial charge in [0.15, 0.2) is 0 Å². The van der Waals surface area contributed by atoms with E-state index >= 15 is 0 Å². The van der Waals surface area contributed by atoms with E-state index in [0.717, 1.165) is 16.0 Å². The Bertz CT molecular complexity index is 581. The molecule has 2 aromatic carbocycles. The van der Waals surface area contributed by atoms with Gasteiger partial charge in [0.1, 0.15) is 0 Å². The molecule has 2 rings (SSSR count). The van der Waals surface area contributed by atoms with Crippen LogP contribution in [0.2, 0.25) is 0 Å². The fourth-order valence-corrected chi connectivity index (χ4v) is 2.16. The Morgan fingerprint density at radius 1 is 1.16 bits per heavy atom. The Kier molecular flexibility index (Phi) is 4.27. The molecular formula is C16H17NOS. The quantitative estimate of drug-likeness (QED) is 0.817. The summed E-state index contributed by atoms with van der Waals surface area (Å²) in [6, 6.07) is 15.5. The van der Waals surface area contributed by atoms with Crippen LogP contribution in [0.5, 0.6) is 0 Å². The lowest BCUT2D eigenvalue weighted by atomic mass is 10.1. The molecule has 2 nitrogen and oxygen atoms in total. The minimum atomic E-state index is -0.0650. The monoisotopic (exact) mass is 271 g/mol. The van der Waals surface area contributed by atoms with Crippen molar-refractivity contribution in [1.82, 2.24) is 5.32 Å². The SMILES string of the molecule is Cc1ccc(S)cc1C(=O)NC(C)c1ccccc1. The van der Waals surface area contributed by atoms with Crippen molar-refractivity contribution in [3.63, 3.8) is 0 Å². The largest absolute Gasteiger partial charge is 0.346 e. The molecule has 0 fully saturated rings. The van der Waals surface area contributed by atoms with E-state index in [9.17, 15) is 4.79 Å². The summed E-state index contributed by atoms with van der Waals surface area (Å²) in [5.74, 6) is -0.0650. The van der Waals surface area contributed by atoms with E-state index in [1.807, 2.05) is 56.3 Å². The number of hydrogen-bond acceptors (Lipinski definition) is 2. The van der Waals surface area contributed by atoms with Crippen molar-refractivity contribution in [3.8, 4) is 0 Å². The Morgan fingerprint density at radius 2 is 1.84 bits per heavy atom. The highest BCUT2D eigenvalue weighted by atomic mass is 32.1. The first-order valence-corrected chi connectivity index (χ1v) is 6.68. The lowest BCUT2D eigenvalue weighted by molar-refractivity contribution is 0.0939. The van der Waals surface area contributed by atoms with Gasteiger partial charge in [-0.15, -0.1) is 12.6 Å². The number of hydrogen-bond donors (Lipinski definition) is 2. The highest BCUT2D eigenvalue weighted by Crippen LogP contribution is 2.16. The predicted molar refractivity (Wildman–Crippen MR) is 80.8 cm³/mol. The summed E-state index contributed by atoms with van der Waals surface area (Å²) >= 11 is 4.28. The third-order valence-electron chi connectivity index (χ3n) is 3.11. The summed E-state index contributed by atoms with van der Waals surface area (Å²) in [4.78, 5) is 13.1. The van der Waals surface area contributed by atoms with Gasteiger partial charge in [-0.2, -0.15) is 0 Å². The maximum absolute atomic E-state index is 12.3. The van der Waals surface area contributed by atoms with Crippen LogP contribution in [-0.4, -0.2) is 5.91 Å². The molecule has 0 aromatic heterocycles. The highest BCUT2D eigenvalue weighted by Gasteiger charge is 2.13. The summed E-state index contributed by atoms with van der Waals surface area (Å²) in [7, 11) is 0. The molecule has 1 unspecified atom stereocenters. The van der Waals surface area contributed by atoms with Gasteiger partial charge in [0, 0.05) is 10.5 Å². The molecule has 0 aliphatic carbocycles. The highest BCUT2D eigenvalue weighted by molar-refractivity contribution is 7.80. The lowest BCUT2D eigenvalue weighted by Gasteiger charge is -2.15. The van der Waals surface area contributed by atoms with Crippen LogP contribution in [0.3, 0.4) is 0 Å². The number of carbonyl (C=O) groups excluding carboxylic acids is 1. The summed E-state index contributed by atoms with van der Waals surface area (Å²) in [5, 5.41) is 3.01. The van der Waals surface area contributed by atoms with E-state index in [4.69, 9.17) is 0 Å². The Labute approximate surface area is 119 Å². The fourth-order valence-electron chi connectivity index (χ4n) is 1.95. The van der Waals surface area contributed by atoms with Crippen LogP contribution in [0.4, 0.5) is 0 Å². The Balaban J connectivity index is 2.15. The molecular weight excluding hydrogens is 254 g/mol. The van der Waals surface area contributed by atoms with Gasteiger partial charge in [0.25, 0.3) is 5.91 Å². The smallest absolute Gasteiger partial charge is 0.252 e. The van der Waals surface area contributed by atoms with E-state index in [2.05, 4.69) is 17.9 Å². The molecule has 0 radical (unpaired) electrons. The average molecular weight is 271 g/mol. The van der Waals surface area contributed by atoms with Crippen molar-refractivity contribution in [3.05, 3.63) is 65.2 Å². The molecule has 0 heterocycles. The molecule has 1 atom stereocenters. The van der Waals surface area contributed by atoms with Gasteiger partial charge in [-0.25, -0.2) is 0 Å². The fraction of sp³-hybridized carbons (Fsp3) is 0.188. The third kappa shape index (κ3) is 3.38. The number of amides is 1. The summed E-state index contributed by atoms with van der Waals surface area (Å²) in [6.07, 6.45) is 0. The molecule has 0 saturated heterocycles.